The van der Waals surface area contributed by atoms with Gasteiger partial charge in [-0.05, 0) is 42.7 Å². The summed E-state index contributed by atoms with van der Waals surface area (Å²) in [6, 6.07) is 11.6. The van der Waals surface area contributed by atoms with Gasteiger partial charge < -0.3 is 9.84 Å². The Balaban J connectivity index is 1.54. The van der Waals surface area contributed by atoms with Crippen molar-refractivity contribution in [1.29, 1.82) is 0 Å². The highest BCUT2D eigenvalue weighted by Gasteiger charge is 2.19. The summed E-state index contributed by atoms with van der Waals surface area (Å²) in [7, 11) is 0. The van der Waals surface area contributed by atoms with Gasteiger partial charge in [0.2, 0.25) is 0 Å². The smallest absolute Gasteiger partial charge is 0.259 e. The molecular weight excluding hydrogens is 354 g/mol. The summed E-state index contributed by atoms with van der Waals surface area (Å²) < 4.78 is 7.08. The lowest BCUT2D eigenvalue weighted by atomic mass is 10.0. The van der Waals surface area contributed by atoms with Gasteiger partial charge in [0.25, 0.3) is 11.6 Å². The maximum Gasteiger partial charge on any atom is 0.259 e. The molecule has 4 rings (SSSR count). The molecule has 0 spiro atoms. The summed E-state index contributed by atoms with van der Waals surface area (Å²) >= 11 is 0. The Labute approximate surface area is 162 Å². The Bertz CT molecular complexity index is 1110. The number of benzene rings is 1. The molecule has 0 aliphatic rings. The lowest BCUT2D eigenvalue weighted by Crippen LogP contribution is -2.23. The van der Waals surface area contributed by atoms with Gasteiger partial charge >= 0.3 is 0 Å². The second kappa shape index (κ2) is 7.26. The van der Waals surface area contributed by atoms with Gasteiger partial charge in [-0.3, -0.25) is 4.79 Å². The maximum atomic E-state index is 12.9. The third-order valence-corrected chi connectivity index (χ3v) is 4.63. The zero-order chi connectivity index (χ0) is 19.7. The first-order valence-electron chi connectivity index (χ1n) is 9.17. The van der Waals surface area contributed by atoms with Crippen LogP contribution in [-0.4, -0.2) is 25.8 Å². The van der Waals surface area contributed by atoms with Crippen LogP contribution in [0, 0.1) is 6.92 Å². The van der Waals surface area contributed by atoms with E-state index >= 15 is 0 Å². The number of pyridine rings is 1. The zero-order valence-corrected chi connectivity index (χ0v) is 16.0. The Hall–Kier alpha value is -3.48. The Morgan fingerprint density at radius 2 is 2.04 bits per heavy atom. The van der Waals surface area contributed by atoms with Crippen LogP contribution in [0.1, 0.15) is 47.1 Å². The number of fused-ring (bicyclic) bond motifs is 1. The number of aromatic nitrogens is 4. The van der Waals surface area contributed by atoms with Crippen LogP contribution in [0.5, 0.6) is 0 Å². The van der Waals surface area contributed by atoms with Gasteiger partial charge in [0.05, 0.1) is 22.3 Å². The predicted octanol–water partition coefficient (Wildman–Crippen LogP) is 3.77. The Morgan fingerprint density at radius 3 is 2.71 bits per heavy atom. The molecule has 1 N–H and O–H groups in total. The lowest BCUT2D eigenvalue weighted by molar-refractivity contribution is 0.0952. The molecule has 142 valence electrons. The highest BCUT2D eigenvalue weighted by atomic mass is 16.5. The Morgan fingerprint density at radius 1 is 1.25 bits per heavy atom. The fourth-order valence-corrected chi connectivity index (χ4v) is 3.05. The number of nitrogens with one attached hydrogen (secondary N) is 1. The van der Waals surface area contributed by atoms with E-state index in [0.29, 0.717) is 28.9 Å². The molecule has 0 radical (unpaired) electrons. The average molecular weight is 375 g/mol. The molecule has 0 saturated heterocycles. The van der Waals surface area contributed by atoms with E-state index in [9.17, 15) is 4.79 Å². The summed E-state index contributed by atoms with van der Waals surface area (Å²) in [5.74, 6) is 0.00736. The van der Waals surface area contributed by atoms with E-state index in [1.54, 1.807) is 10.9 Å². The third kappa shape index (κ3) is 3.38. The van der Waals surface area contributed by atoms with Crippen LogP contribution in [0.15, 0.2) is 53.3 Å². The first kappa shape index (κ1) is 17.9. The minimum atomic E-state index is -0.170. The highest BCUT2D eigenvalue weighted by Crippen LogP contribution is 2.25. The van der Waals surface area contributed by atoms with E-state index < -0.39 is 0 Å². The summed E-state index contributed by atoms with van der Waals surface area (Å²) in [6.45, 7) is 6.29. The maximum absolute atomic E-state index is 12.9. The normalized spacial score (nSPS) is 11.3. The van der Waals surface area contributed by atoms with E-state index in [1.165, 1.54) is 0 Å². The number of aryl methyl sites for hydroxylation is 1. The van der Waals surface area contributed by atoms with Gasteiger partial charge in [-0.25, -0.2) is 9.67 Å². The quantitative estimate of drug-likeness (QED) is 0.574. The molecule has 0 atom stereocenters. The number of carbonyl (C=O) groups excluding carboxylic acids is 1. The van der Waals surface area contributed by atoms with Gasteiger partial charge in [0.1, 0.15) is 0 Å². The average Bonchev–Trinajstić information content (AvgIpc) is 3.36. The van der Waals surface area contributed by atoms with Crippen LogP contribution in [0.25, 0.3) is 16.8 Å². The molecule has 0 saturated carbocycles. The SMILES string of the molecule is Cc1noc2nc(C(C)C)cc(C(=O)NCc3ccc(-n4cccn4)cc3)c12. The van der Waals surface area contributed by atoms with Crippen molar-refractivity contribution < 1.29 is 9.32 Å². The monoisotopic (exact) mass is 375 g/mol. The van der Waals surface area contributed by atoms with Crippen molar-refractivity contribution in [2.45, 2.75) is 33.2 Å². The fourth-order valence-electron chi connectivity index (χ4n) is 3.05. The third-order valence-electron chi connectivity index (χ3n) is 4.63. The van der Waals surface area contributed by atoms with Crippen LogP contribution in [0.3, 0.4) is 0 Å². The molecule has 1 amide bonds. The van der Waals surface area contributed by atoms with Gasteiger partial charge in [-0.2, -0.15) is 5.10 Å². The molecule has 7 heteroatoms. The van der Waals surface area contributed by atoms with E-state index in [2.05, 4.69) is 20.6 Å². The highest BCUT2D eigenvalue weighted by molar-refractivity contribution is 6.06. The van der Waals surface area contributed by atoms with E-state index in [0.717, 1.165) is 16.9 Å². The summed E-state index contributed by atoms with van der Waals surface area (Å²) in [5.41, 5.74) is 4.38. The summed E-state index contributed by atoms with van der Waals surface area (Å²) in [5, 5.41) is 11.8. The van der Waals surface area contributed by atoms with Crippen molar-refractivity contribution in [3.8, 4) is 5.69 Å². The van der Waals surface area contributed by atoms with Crippen molar-refractivity contribution in [3.63, 3.8) is 0 Å². The molecule has 7 nitrogen and oxygen atoms in total. The number of amides is 1. The molecular formula is C21H21N5O2. The lowest BCUT2D eigenvalue weighted by Gasteiger charge is -2.10. The van der Waals surface area contributed by atoms with Crippen molar-refractivity contribution in [3.05, 3.63) is 71.3 Å². The first-order chi connectivity index (χ1) is 13.5. The molecule has 0 unspecified atom stereocenters. The second-order valence-corrected chi connectivity index (χ2v) is 7.00. The van der Waals surface area contributed by atoms with Crippen LogP contribution in [-0.2, 0) is 6.54 Å². The molecule has 4 aromatic rings. The molecule has 28 heavy (non-hydrogen) atoms. The molecule has 0 fully saturated rings. The zero-order valence-electron chi connectivity index (χ0n) is 16.0. The second-order valence-electron chi connectivity index (χ2n) is 7.00. The molecule has 3 aromatic heterocycles. The first-order valence-corrected chi connectivity index (χ1v) is 9.17. The Kier molecular flexibility index (Phi) is 4.65. The van der Waals surface area contributed by atoms with E-state index in [4.69, 9.17) is 4.52 Å². The minimum Gasteiger partial charge on any atom is -0.348 e. The van der Waals surface area contributed by atoms with Crippen LogP contribution in [0.2, 0.25) is 0 Å². The van der Waals surface area contributed by atoms with E-state index in [-0.39, 0.29) is 11.8 Å². The topological polar surface area (TPSA) is 85.8 Å². The molecule has 3 heterocycles. The number of rotatable bonds is 5. The largest absolute Gasteiger partial charge is 0.348 e. The van der Waals surface area contributed by atoms with Crippen molar-refractivity contribution in [1.82, 2.24) is 25.2 Å². The van der Waals surface area contributed by atoms with Crippen LogP contribution >= 0.6 is 0 Å². The molecule has 0 bridgehead atoms. The van der Waals surface area contributed by atoms with Crippen molar-refractivity contribution in [2.24, 2.45) is 0 Å². The number of hydrogen-bond acceptors (Lipinski definition) is 5. The standard InChI is InChI=1S/C21H21N5O2/c1-13(2)18-11-17(19-14(3)25-28-21(19)24-18)20(27)22-12-15-5-7-16(8-6-15)26-10-4-9-23-26/h4-11,13H,12H2,1-3H3,(H,22,27). The minimum absolute atomic E-state index is 0.170. The van der Waals surface area contributed by atoms with Gasteiger partial charge in [-0.1, -0.05) is 31.1 Å². The van der Waals surface area contributed by atoms with Crippen molar-refractivity contribution >= 4 is 17.0 Å². The van der Waals surface area contributed by atoms with Crippen LogP contribution in [0.4, 0.5) is 0 Å². The van der Waals surface area contributed by atoms with Crippen LogP contribution < -0.4 is 5.32 Å². The summed E-state index contributed by atoms with van der Waals surface area (Å²) in [4.78, 5) is 17.4. The predicted molar refractivity (Wildman–Crippen MR) is 105 cm³/mol. The number of nitrogens with zero attached hydrogens (tertiary/aromatic N) is 4. The number of carbonyl (C=O) groups is 1. The van der Waals surface area contributed by atoms with E-state index in [1.807, 2.05) is 63.4 Å². The van der Waals surface area contributed by atoms with Gasteiger partial charge in [0, 0.05) is 24.6 Å². The van der Waals surface area contributed by atoms with Crippen molar-refractivity contribution in [2.75, 3.05) is 0 Å². The molecule has 1 aromatic carbocycles. The van der Waals surface area contributed by atoms with Gasteiger partial charge in [0.15, 0.2) is 0 Å². The molecule has 0 aliphatic heterocycles. The van der Waals surface area contributed by atoms with Gasteiger partial charge in [-0.15, -0.1) is 0 Å². The fraction of sp³-hybridized carbons (Fsp3) is 0.238. The molecule has 0 aliphatic carbocycles. The summed E-state index contributed by atoms with van der Waals surface area (Å²) in [6.07, 6.45) is 3.63. The number of hydrogen-bond donors (Lipinski definition) is 1.